The Morgan fingerprint density at radius 1 is 1.58 bits per heavy atom. The average molecular weight is 267 g/mol. The Morgan fingerprint density at radius 3 is 2.74 bits per heavy atom. The van der Waals surface area contributed by atoms with Crippen molar-refractivity contribution in [3.63, 3.8) is 0 Å². The van der Waals surface area contributed by atoms with Crippen molar-refractivity contribution >= 4 is 11.5 Å². The maximum Gasteiger partial charge on any atom is 0.333 e. The number of aryl methyl sites for hydroxylation is 1. The molecule has 1 aliphatic heterocycles. The molecule has 1 atom stereocenters. The standard InChI is InChI=1S/C12H21N5O2/c1-8(2)16-11(10(17(18)19)9(3)15-16)14-12(4)5-6-13-7-12/h8,13-14H,5-7H2,1-4H3. The van der Waals surface area contributed by atoms with E-state index < -0.39 is 0 Å². The van der Waals surface area contributed by atoms with Crippen molar-refractivity contribution in [3.05, 3.63) is 15.8 Å². The van der Waals surface area contributed by atoms with Gasteiger partial charge in [-0.2, -0.15) is 5.10 Å². The molecule has 0 saturated carbocycles. The van der Waals surface area contributed by atoms with Gasteiger partial charge in [0.15, 0.2) is 0 Å². The number of nitro groups is 1. The molecular formula is C12H21N5O2. The molecule has 7 nitrogen and oxygen atoms in total. The van der Waals surface area contributed by atoms with Crippen LogP contribution in [-0.2, 0) is 0 Å². The summed E-state index contributed by atoms with van der Waals surface area (Å²) in [6.45, 7) is 9.41. The summed E-state index contributed by atoms with van der Waals surface area (Å²) in [5.41, 5.74) is 0.377. The fourth-order valence-electron chi connectivity index (χ4n) is 2.46. The Hall–Kier alpha value is -1.63. The highest BCUT2D eigenvalue weighted by Crippen LogP contribution is 2.33. The predicted molar refractivity (Wildman–Crippen MR) is 73.5 cm³/mol. The van der Waals surface area contributed by atoms with Crippen molar-refractivity contribution in [2.75, 3.05) is 18.4 Å². The zero-order valence-electron chi connectivity index (χ0n) is 11.9. The van der Waals surface area contributed by atoms with Gasteiger partial charge in [-0.3, -0.25) is 10.1 Å². The quantitative estimate of drug-likeness (QED) is 0.642. The van der Waals surface area contributed by atoms with Gasteiger partial charge in [0, 0.05) is 18.1 Å². The molecule has 0 bridgehead atoms. The third-order valence-corrected chi connectivity index (χ3v) is 3.51. The molecule has 0 aromatic carbocycles. The minimum Gasteiger partial charge on any atom is -0.358 e. The zero-order valence-corrected chi connectivity index (χ0v) is 11.9. The van der Waals surface area contributed by atoms with E-state index in [1.54, 1.807) is 11.6 Å². The molecule has 1 aliphatic rings. The van der Waals surface area contributed by atoms with Crippen LogP contribution in [-0.4, -0.2) is 33.3 Å². The SMILES string of the molecule is Cc1nn(C(C)C)c(NC2(C)CCNC2)c1[N+](=O)[O-]. The lowest BCUT2D eigenvalue weighted by molar-refractivity contribution is -0.384. The highest BCUT2D eigenvalue weighted by atomic mass is 16.6. The van der Waals surface area contributed by atoms with Gasteiger partial charge in [-0.25, -0.2) is 4.68 Å². The third-order valence-electron chi connectivity index (χ3n) is 3.51. The molecule has 2 heterocycles. The number of nitrogens with one attached hydrogen (secondary N) is 2. The second-order valence-corrected chi connectivity index (χ2v) is 5.69. The molecule has 0 amide bonds. The summed E-state index contributed by atoms with van der Waals surface area (Å²) in [5.74, 6) is 0.517. The molecule has 2 N–H and O–H groups in total. The van der Waals surface area contributed by atoms with Crippen LogP contribution in [0.2, 0.25) is 0 Å². The Bertz CT molecular complexity index is 489. The van der Waals surface area contributed by atoms with Crippen LogP contribution < -0.4 is 10.6 Å². The second kappa shape index (κ2) is 4.80. The fourth-order valence-corrected chi connectivity index (χ4v) is 2.46. The maximum absolute atomic E-state index is 11.3. The van der Waals surface area contributed by atoms with E-state index in [0.717, 1.165) is 19.5 Å². The van der Waals surface area contributed by atoms with Crippen molar-refractivity contribution in [2.24, 2.45) is 0 Å². The van der Waals surface area contributed by atoms with E-state index in [4.69, 9.17) is 0 Å². The average Bonchev–Trinajstić information content (AvgIpc) is 2.83. The molecule has 1 aromatic rings. The van der Waals surface area contributed by atoms with Gasteiger partial charge in [0.25, 0.3) is 0 Å². The van der Waals surface area contributed by atoms with Gasteiger partial charge >= 0.3 is 5.69 Å². The molecule has 19 heavy (non-hydrogen) atoms. The molecular weight excluding hydrogens is 246 g/mol. The molecule has 1 saturated heterocycles. The summed E-state index contributed by atoms with van der Waals surface area (Å²) < 4.78 is 1.71. The van der Waals surface area contributed by atoms with E-state index in [0.29, 0.717) is 11.5 Å². The lowest BCUT2D eigenvalue weighted by atomic mass is 10.0. The fraction of sp³-hybridized carbons (Fsp3) is 0.750. The number of hydrogen-bond donors (Lipinski definition) is 2. The molecule has 2 rings (SSSR count). The Kier molecular flexibility index (Phi) is 3.49. The first kappa shape index (κ1) is 13.8. The summed E-state index contributed by atoms with van der Waals surface area (Å²) in [7, 11) is 0. The number of rotatable bonds is 4. The van der Waals surface area contributed by atoms with Gasteiger partial charge in [0.05, 0.1) is 4.92 Å². The lowest BCUT2D eigenvalue weighted by Gasteiger charge is -2.26. The molecule has 1 fully saturated rings. The molecule has 0 spiro atoms. The van der Waals surface area contributed by atoms with Crippen LogP contribution in [0.1, 0.15) is 38.9 Å². The minimum atomic E-state index is -0.352. The monoisotopic (exact) mass is 267 g/mol. The first-order valence-electron chi connectivity index (χ1n) is 6.56. The van der Waals surface area contributed by atoms with Crippen molar-refractivity contribution in [3.8, 4) is 0 Å². The van der Waals surface area contributed by atoms with Gasteiger partial charge in [-0.15, -0.1) is 0 Å². The van der Waals surface area contributed by atoms with Gasteiger partial charge in [0.2, 0.25) is 5.82 Å². The summed E-state index contributed by atoms with van der Waals surface area (Å²) >= 11 is 0. The van der Waals surface area contributed by atoms with Crippen LogP contribution in [0.3, 0.4) is 0 Å². The number of anilines is 1. The first-order valence-corrected chi connectivity index (χ1v) is 6.56. The van der Waals surface area contributed by atoms with Crippen LogP contribution >= 0.6 is 0 Å². The molecule has 1 unspecified atom stereocenters. The van der Waals surface area contributed by atoms with E-state index in [9.17, 15) is 10.1 Å². The number of aromatic nitrogens is 2. The van der Waals surface area contributed by atoms with Gasteiger partial charge < -0.3 is 10.6 Å². The first-order chi connectivity index (χ1) is 8.84. The van der Waals surface area contributed by atoms with Crippen LogP contribution in [0.4, 0.5) is 11.5 Å². The number of nitrogens with zero attached hydrogens (tertiary/aromatic N) is 3. The molecule has 1 aromatic heterocycles. The predicted octanol–water partition coefficient (Wildman–Crippen LogP) is 1.84. The van der Waals surface area contributed by atoms with E-state index in [2.05, 4.69) is 22.7 Å². The topological polar surface area (TPSA) is 85.0 Å². The van der Waals surface area contributed by atoms with Crippen LogP contribution in [0, 0.1) is 17.0 Å². The summed E-state index contributed by atoms with van der Waals surface area (Å²) in [6, 6.07) is 0.0767. The van der Waals surface area contributed by atoms with Crippen molar-refractivity contribution < 1.29 is 4.92 Å². The Balaban J connectivity index is 2.43. The largest absolute Gasteiger partial charge is 0.358 e. The summed E-state index contributed by atoms with van der Waals surface area (Å²) in [4.78, 5) is 10.9. The molecule has 7 heteroatoms. The van der Waals surface area contributed by atoms with Crippen molar-refractivity contribution in [1.29, 1.82) is 0 Å². The highest BCUT2D eigenvalue weighted by molar-refractivity contribution is 5.61. The maximum atomic E-state index is 11.3. The molecule has 0 aliphatic carbocycles. The van der Waals surface area contributed by atoms with Crippen molar-refractivity contribution in [1.82, 2.24) is 15.1 Å². The number of hydrogen-bond acceptors (Lipinski definition) is 5. The van der Waals surface area contributed by atoms with Gasteiger partial charge in [-0.05, 0) is 40.7 Å². The third kappa shape index (κ3) is 2.56. The normalized spacial score (nSPS) is 23.0. The Morgan fingerprint density at radius 2 is 2.26 bits per heavy atom. The Labute approximate surface area is 112 Å². The summed E-state index contributed by atoms with van der Waals surface area (Å²) in [6.07, 6.45) is 0.937. The molecule has 0 radical (unpaired) electrons. The van der Waals surface area contributed by atoms with Crippen LogP contribution in [0.5, 0.6) is 0 Å². The van der Waals surface area contributed by atoms with E-state index in [1.807, 2.05) is 13.8 Å². The van der Waals surface area contributed by atoms with Crippen LogP contribution in [0.15, 0.2) is 0 Å². The smallest absolute Gasteiger partial charge is 0.333 e. The molecule has 106 valence electrons. The van der Waals surface area contributed by atoms with E-state index >= 15 is 0 Å². The zero-order chi connectivity index (χ0) is 14.2. The van der Waals surface area contributed by atoms with Crippen molar-refractivity contribution in [2.45, 2.75) is 45.7 Å². The van der Waals surface area contributed by atoms with E-state index in [-0.39, 0.29) is 22.2 Å². The van der Waals surface area contributed by atoms with E-state index in [1.165, 1.54) is 0 Å². The van der Waals surface area contributed by atoms with Gasteiger partial charge in [-0.1, -0.05) is 0 Å². The highest BCUT2D eigenvalue weighted by Gasteiger charge is 2.34. The van der Waals surface area contributed by atoms with Crippen LogP contribution in [0.25, 0.3) is 0 Å². The van der Waals surface area contributed by atoms with Gasteiger partial charge in [0.1, 0.15) is 5.69 Å². The second-order valence-electron chi connectivity index (χ2n) is 5.69. The minimum absolute atomic E-state index is 0.0767. The lowest BCUT2D eigenvalue weighted by Crippen LogP contribution is -2.38. The summed E-state index contributed by atoms with van der Waals surface area (Å²) in [5, 5.41) is 22.2.